The number of rotatable bonds is 6. The number of hydrogen-bond acceptors (Lipinski definition) is 3. The first-order valence-corrected chi connectivity index (χ1v) is 7.01. The molecule has 0 aliphatic heterocycles. The summed E-state index contributed by atoms with van der Waals surface area (Å²) in [6.45, 7) is -0.186. The third-order valence-electron chi connectivity index (χ3n) is 2.83. The lowest BCUT2D eigenvalue weighted by Crippen LogP contribution is -2.37. The SMILES string of the molecule is O=C(O)CN(C(=O)CCc1ccc(Cl)s1)C1CC1. The van der Waals surface area contributed by atoms with Gasteiger partial charge in [-0.05, 0) is 31.4 Å². The highest BCUT2D eigenvalue weighted by Crippen LogP contribution is 2.28. The number of carbonyl (C=O) groups is 2. The standard InChI is InChI=1S/C12H14ClNO3S/c13-10-5-3-9(18-10)4-6-11(15)14(7-12(16)17)8-1-2-8/h3,5,8H,1-2,4,6-7H2,(H,16,17). The van der Waals surface area contributed by atoms with Crippen LogP contribution in [-0.2, 0) is 16.0 Å². The topological polar surface area (TPSA) is 57.6 Å². The van der Waals surface area contributed by atoms with Crippen LogP contribution in [0.15, 0.2) is 12.1 Å². The highest BCUT2D eigenvalue weighted by Gasteiger charge is 2.33. The molecule has 1 aromatic rings. The number of carbonyl (C=O) groups excluding carboxylic acids is 1. The Morgan fingerprint density at radius 3 is 2.67 bits per heavy atom. The van der Waals surface area contributed by atoms with E-state index < -0.39 is 5.97 Å². The van der Waals surface area contributed by atoms with Crippen LogP contribution in [0.1, 0.15) is 24.1 Å². The van der Waals surface area contributed by atoms with Gasteiger partial charge < -0.3 is 10.0 Å². The van der Waals surface area contributed by atoms with Gasteiger partial charge in [-0.25, -0.2) is 0 Å². The second-order valence-corrected chi connectivity index (χ2v) is 6.15. The van der Waals surface area contributed by atoms with Gasteiger partial charge in [0.05, 0.1) is 4.34 Å². The lowest BCUT2D eigenvalue weighted by Gasteiger charge is -2.19. The Labute approximate surface area is 114 Å². The number of aryl methyl sites for hydroxylation is 1. The van der Waals surface area contributed by atoms with Crippen molar-refractivity contribution in [2.45, 2.75) is 31.7 Å². The molecule has 0 unspecified atom stereocenters. The van der Waals surface area contributed by atoms with E-state index in [0.717, 1.165) is 17.7 Å². The first kappa shape index (κ1) is 13.4. The Morgan fingerprint density at radius 1 is 1.44 bits per heavy atom. The number of nitrogens with zero attached hydrogens (tertiary/aromatic N) is 1. The maximum atomic E-state index is 12.0. The van der Waals surface area contributed by atoms with E-state index in [-0.39, 0.29) is 18.5 Å². The highest BCUT2D eigenvalue weighted by molar-refractivity contribution is 7.16. The normalized spacial score (nSPS) is 14.5. The first-order valence-electron chi connectivity index (χ1n) is 5.81. The minimum absolute atomic E-state index is 0.0792. The highest BCUT2D eigenvalue weighted by atomic mass is 35.5. The maximum Gasteiger partial charge on any atom is 0.323 e. The first-order chi connectivity index (χ1) is 8.56. The van der Waals surface area contributed by atoms with Gasteiger partial charge in [0.1, 0.15) is 6.54 Å². The van der Waals surface area contributed by atoms with Crippen LogP contribution >= 0.6 is 22.9 Å². The molecule has 0 bridgehead atoms. The monoisotopic (exact) mass is 287 g/mol. The number of carboxylic acids is 1. The molecule has 1 aliphatic rings. The molecule has 18 heavy (non-hydrogen) atoms. The third kappa shape index (κ3) is 3.71. The molecule has 0 radical (unpaired) electrons. The molecule has 1 N–H and O–H groups in total. The van der Waals surface area contributed by atoms with Gasteiger partial charge in [-0.15, -0.1) is 11.3 Å². The molecule has 1 aliphatic carbocycles. The fourth-order valence-electron chi connectivity index (χ4n) is 1.81. The summed E-state index contributed by atoms with van der Waals surface area (Å²) in [4.78, 5) is 25.2. The van der Waals surface area contributed by atoms with Gasteiger partial charge in [-0.2, -0.15) is 0 Å². The molecule has 4 nitrogen and oxygen atoms in total. The van der Waals surface area contributed by atoms with E-state index in [1.165, 1.54) is 16.2 Å². The average molecular weight is 288 g/mol. The fourth-order valence-corrected chi connectivity index (χ4v) is 2.90. The quantitative estimate of drug-likeness (QED) is 0.874. The van der Waals surface area contributed by atoms with Crippen LogP contribution in [0.2, 0.25) is 4.34 Å². The smallest absolute Gasteiger partial charge is 0.323 e. The number of halogens is 1. The Balaban J connectivity index is 1.87. The Morgan fingerprint density at radius 2 is 2.17 bits per heavy atom. The van der Waals surface area contributed by atoms with Gasteiger partial charge in [0.2, 0.25) is 5.91 Å². The van der Waals surface area contributed by atoms with E-state index in [1.807, 2.05) is 12.1 Å². The zero-order valence-corrected chi connectivity index (χ0v) is 11.3. The molecule has 0 spiro atoms. The van der Waals surface area contributed by atoms with E-state index in [9.17, 15) is 9.59 Å². The molecule has 1 saturated carbocycles. The van der Waals surface area contributed by atoms with Crippen LogP contribution in [0.4, 0.5) is 0 Å². The van der Waals surface area contributed by atoms with Gasteiger partial charge in [0, 0.05) is 17.3 Å². The molecule has 0 saturated heterocycles. The molecular weight excluding hydrogens is 274 g/mol. The number of aliphatic carboxylic acids is 1. The van der Waals surface area contributed by atoms with Gasteiger partial charge in [0.25, 0.3) is 0 Å². The molecule has 98 valence electrons. The predicted molar refractivity (Wildman–Crippen MR) is 70.0 cm³/mol. The van der Waals surface area contributed by atoms with Crippen molar-refractivity contribution in [3.63, 3.8) is 0 Å². The number of hydrogen-bond donors (Lipinski definition) is 1. The van der Waals surface area contributed by atoms with Gasteiger partial charge >= 0.3 is 5.97 Å². The summed E-state index contributed by atoms with van der Waals surface area (Å²) in [6, 6.07) is 3.85. The molecule has 1 aromatic heterocycles. The van der Waals surface area contributed by atoms with E-state index >= 15 is 0 Å². The minimum atomic E-state index is -0.950. The van der Waals surface area contributed by atoms with Crippen molar-refractivity contribution >= 4 is 34.8 Å². The summed E-state index contributed by atoms with van der Waals surface area (Å²) in [7, 11) is 0. The van der Waals surface area contributed by atoms with Crippen molar-refractivity contribution in [3.05, 3.63) is 21.3 Å². The van der Waals surface area contributed by atoms with Crippen molar-refractivity contribution in [3.8, 4) is 0 Å². The fraction of sp³-hybridized carbons (Fsp3) is 0.500. The maximum absolute atomic E-state index is 12.0. The number of carboxylic acid groups (broad SMARTS) is 1. The van der Waals surface area contributed by atoms with Crippen LogP contribution in [-0.4, -0.2) is 34.5 Å². The van der Waals surface area contributed by atoms with Crippen molar-refractivity contribution in [1.82, 2.24) is 4.90 Å². The summed E-state index contributed by atoms with van der Waals surface area (Å²) in [5.41, 5.74) is 0. The van der Waals surface area contributed by atoms with Crippen molar-refractivity contribution in [2.75, 3.05) is 6.54 Å². The average Bonchev–Trinajstić information content (AvgIpc) is 3.06. The minimum Gasteiger partial charge on any atom is -0.480 e. The lowest BCUT2D eigenvalue weighted by molar-refractivity contribution is -0.144. The molecule has 1 fully saturated rings. The van der Waals surface area contributed by atoms with E-state index in [2.05, 4.69) is 0 Å². The third-order valence-corrected chi connectivity index (χ3v) is 4.12. The molecule has 1 heterocycles. The van der Waals surface area contributed by atoms with Crippen LogP contribution in [0.5, 0.6) is 0 Å². The molecule has 1 amide bonds. The van der Waals surface area contributed by atoms with Gasteiger partial charge in [0.15, 0.2) is 0 Å². The molecule has 0 aromatic carbocycles. The van der Waals surface area contributed by atoms with E-state index in [4.69, 9.17) is 16.7 Å². The zero-order valence-electron chi connectivity index (χ0n) is 9.76. The Hall–Kier alpha value is -1.07. The summed E-state index contributed by atoms with van der Waals surface area (Å²) in [5, 5.41) is 8.79. The van der Waals surface area contributed by atoms with Crippen molar-refractivity contribution < 1.29 is 14.7 Å². The van der Waals surface area contributed by atoms with Crippen molar-refractivity contribution in [2.24, 2.45) is 0 Å². The second-order valence-electron chi connectivity index (χ2n) is 4.35. The number of thiophene rings is 1. The Kier molecular flexibility index (Phi) is 4.24. The van der Waals surface area contributed by atoms with Crippen LogP contribution < -0.4 is 0 Å². The predicted octanol–water partition coefficient (Wildman–Crippen LogP) is 2.41. The van der Waals surface area contributed by atoms with E-state index in [1.54, 1.807) is 0 Å². The summed E-state index contributed by atoms with van der Waals surface area (Å²) >= 11 is 7.27. The molecule has 0 atom stereocenters. The zero-order chi connectivity index (χ0) is 13.1. The second kappa shape index (κ2) is 5.71. The summed E-state index contributed by atoms with van der Waals surface area (Å²) in [6.07, 6.45) is 2.81. The van der Waals surface area contributed by atoms with Crippen LogP contribution in [0.3, 0.4) is 0 Å². The lowest BCUT2D eigenvalue weighted by atomic mass is 10.2. The summed E-state index contributed by atoms with van der Waals surface area (Å²) < 4.78 is 0.710. The largest absolute Gasteiger partial charge is 0.480 e. The molecule has 6 heteroatoms. The van der Waals surface area contributed by atoms with Gasteiger partial charge in [-0.3, -0.25) is 9.59 Å². The van der Waals surface area contributed by atoms with Crippen LogP contribution in [0, 0.1) is 0 Å². The Bertz CT molecular complexity index is 456. The van der Waals surface area contributed by atoms with Gasteiger partial charge in [-0.1, -0.05) is 11.6 Å². The molecule has 2 rings (SSSR count). The summed E-state index contributed by atoms with van der Waals surface area (Å²) in [5.74, 6) is -1.03. The number of amides is 1. The van der Waals surface area contributed by atoms with Crippen LogP contribution in [0.25, 0.3) is 0 Å². The molecular formula is C12H14ClNO3S. The van der Waals surface area contributed by atoms with Crippen molar-refractivity contribution in [1.29, 1.82) is 0 Å². The van der Waals surface area contributed by atoms with E-state index in [0.29, 0.717) is 17.2 Å².